The van der Waals surface area contributed by atoms with E-state index < -0.39 is 40.6 Å². The summed E-state index contributed by atoms with van der Waals surface area (Å²) >= 11 is 1.20. The zero-order chi connectivity index (χ0) is 29.4. The monoisotopic (exact) mass is 561 g/mol. The van der Waals surface area contributed by atoms with Crippen molar-refractivity contribution < 1.29 is 30.6 Å². The molecular formula is C27H33N3O6S2. The summed E-state index contributed by atoms with van der Waals surface area (Å²) in [5.74, 6) is -1.62. The minimum Gasteiger partial charge on any atom is -0.497 e. The van der Waals surface area contributed by atoms with E-state index in [4.69, 9.17) is 7.48 Å². The quantitative estimate of drug-likeness (QED) is 0.319. The van der Waals surface area contributed by atoms with Crippen LogP contribution in [0, 0.1) is 6.92 Å². The standard InChI is InChI=1S/C27H33N3O6S2/c1-19-25(23(31)18-38(34,35)29(2)3)28-24(37-19)17-30(16-8-11-20-9-6-5-7-10-20)27(33)26(32)21-12-14-22(36-4)15-13-21/h5-7,9-10,12-15,26,32H,8,11,16-18H2,1-4H3/t26-/m1/s1/i4D2. The molecule has 1 N–H and O–H groups in total. The number of hydrogen-bond acceptors (Lipinski definition) is 8. The molecule has 0 unspecified atom stereocenters. The van der Waals surface area contributed by atoms with E-state index in [0.29, 0.717) is 34.8 Å². The van der Waals surface area contributed by atoms with Crippen molar-refractivity contribution >= 4 is 33.1 Å². The van der Waals surface area contributed by atoms with Crippen molar-refractivity contribution in [2.45, 2.75) is 32.4 Å². The molecule has 0 spiro atoms. The molecule has 0 saturated heterocycles. The van der Waals surface area contributed by atoms with Gasteiger partial charge in [-0.3, -0.25) is 9.59 Å². The van der Waals surface area contributed by atoms with Crippen LogP contribution in [-0.2, 0) is 27.8 Å². The second kappa shape index (κ2) is 13.1. The Morgan fingerprint density at radius 2 is 1.82 bits per heavy atom. The number of nitrogens with zero attached hydrogens (tertiary/aromatic N) is 3. The van der Waals surface area contributed by atoms with E-state index in [9.17, 15) is 23.1 Å². The van der Waals surface area contributed by atoms with Gasteiger partial charge < -0.3 is 14.7 Å². The molecule has 0 radical (unpaired) electrons. The molecule has 9 nitrogen and oxygen atoms in total. The maximum atomic E-state index is 13.5. The number of aromatic nitrogens is 1. The Balaban J connectivity index is 1.79. The first kappa shape index (κ1) is 26.5. The highest BCUT2D eigenvalue weighted by Gasteiger charge is 2.27. The van der Waals surface area contributed by atoms with Crippen LogP contribution in [0.25, 0.3) is 0 Å². The number of amides is 1. The smallest absolute Gasteiger partial charge is 0.256 e. The first-order valence-corrected chi connectivity index (χ1v) is 14.3. The molecule has 1 heterocycles. The number of hydrogen-bond donors (Lipinski definition) is 1. The Bertz CT molecular complexity index is 1400. The van der Waals surface area contributed by atoms with E-state index in [0.717, 1.165) is 9.87 Å². The number of aryl methyl sites for hydroxylation is 2. The van der Waals surface area contributed by atoms with Gasteiger partial charge in [0.25, 0.3) is 5.91 Å². The number of benzene rings is 2. The van der Waals surface area contributed by atoms with Crippen LogP contribution in [-0.4, -0.2) is 72.9 Å². The lowest BCUT2D eigenvalue weighted by Gasteiger charge is -2.25. The molecule has 0 aliphatic carbocycles. The van der Waals surface area contributed by atoms with Gasteiger partial charge in [-0.2, -0.15) is 0 Å². The highest BCUT2D eigenvalue weighted by molar-refractivity contribution is 7.89. The van der Waals surface area contributed by atoms with Gasteiger partial charge in [-0.05, 0) is 43.0 Å². The van der Waals surface area contributed by atoms with E-state index in [1.54, 1.807) is 6.92 Å². The van der Waals surface area contributed by atoms with Crippen molar-refractivity contribution in [3.63, 3.8) is 0 Å². The number of methoxy groups -OCH3 is 1. The topological polar surface area (TPSA) is 117 Å². The summed E-state index contributed by atoms with van der Waals surface area (Å²) < 4.78 is 44.7. The van der Waals surface area contributed by atoms with Gasteiger partial charge in [0.2, 0.25) is 10.0 Å². The van der Waals surface area contributed by atoms with Gasteiger partial charge in [-0.25, -0.2) is 17.7 Å². The van der Waals surface area contributed by atoms with E-state index in [2.05, 4.69) is 4.98 Å². The van der Waals surface area contributed by atoms with E-state index in [1.807, 2.05) is 30.3 Å². The third-order valence-corrected chi connectivity index (χ3v) is 8.61. The lowest BCUT2D eigenvalue weighted by molar-refractivity contribution is -0.141. The van der Waals surface area contributed by atoms with Gasteiger partial charge in [0.05, 0.1) is 16.3 Å². The van der Waals surface area contributed by atoms with Crippen molar-refractivity contribution in [3.05, 3.63) is 81.3 Å². The van der Waals surface area contributed by atoms with Gasteiger partial charge in [0.15, 0.2) is 11.9 Å². The molecule has 1 amide bonds. The Kier molecular flexibility index (Phi) is 9.13. The SMILES string of the molecule is [2H]C([2H])Oc1ccc([C@@H](O)C(=O)N(CCCc2ccccc2)Cc2nc(C(=O)CS(=O)(=O)N(C)C)c(C)s2)cc1. The van der Waals surface area contributed by atoms with Gasteiger partial charge in [0.1, 0.15) is 22.2 Å². The van der Waals surface area contributed by atoms with Crippen LogP contribution in [0.1, 0.15) is 46.8 Å². The van der Waals surface area contributed by atoms with Crippen LogP contribution in [0.2, 0.25) is 0 Å². The minimum absolute atomic E-state index is 0.0322. The second-order valence-electron chi connectivity index (χ2n) is 8.91. The lowest BCUT2D eigenvalue weighted by Crippen LogP contribution is -2.35. The summed E-state index contributed by atoms with van der Waals surface area (Å²) in [5.41, 5.74) is 1.48. The average molecular weight is 562 g/mol. The van der Waals surface area contributed by atoms with Gasteiger partial charge >= 0.3 is 0 Å². The Morgan fingerprint density at radius 1 is 1.13 bits per heavy atom. The van der Waals surface area contributed by atoms with Gasteiger partial charge in [-0.1, -0.05) is 42.5 Å². The summed E-state index contributed by atoms with van der Waals surface area (Å²) in [6, 6.07) is 15.7. The van der Waals surface area contributed by atoms with Crippen LogP contribution in [0.4, 0.5) is 0 Å². The highest BCUT2D eigenvalue weighted by Crippen LogP contribution is 2.24. The normalized spacial score (nSPS) is 13.2. The van der Waals surface area contributed by atoms with Crippen LogP contribution >= 0.6 is 11.3 Å². The summed E-state index contributed by atoms with van der Waals surface area (Å²) in [6.07, 6.45) is -0.168. The zero-order valence-electron chi connectivity index (χ0n) is 23.5. The second-order valence-corrected chi connectivity index (χ2v) is 12.4. The molecule has 3 rings (SSSR count). The number of ether oxygens (including phenoxy) is 1. The molecule has 0 fully saturated rings. The van der Waals surface area contributed by atoms with Crippen molar-refractivity contribution in [1.82, 2.24) is 14.2 Å². The maximum absolute atomic E-state index is 13.5. The highest BCUT2D eigenvalue weighted by atomic mass is 32.2. The van der Waals surface area contributed by atoms with E-state index in [-0.39, 0.29) is 18.0 Å². The number of aliphatic hydroxyl groups excluding tert-OH is 1. The zero-order valence-corrected chi connectivity index (χ0v) is 23.2. The first-order chi connectivity index (χ1) is 18.9. The lowest BCUT2D eigenvalue weighted by atomic mass is 10.1. The number of rotatable bonds is 13. The summed E-state index contributed by atoms with van der Waals surface area (Å²) in [4.78, 5) is 32.6. The number of carbonyl (C=O) groups excluding carboxylic acids is 2. The molecule has 0 saturated carbocycles. The molecule has 0 aliphatic heterocycles. The van der Waals surface area contributed by atoms with Crippen LogP contribution in [0.5, 0.6) is 5.75 Å². The summed E-state index contributed by atoms with van der Waals surface area (Å²) in [5, 5.41) is 11.4. The van der Waals surface area contributed by atoms with Gasteiger partial charge in [-0.15, -0.1) is 11.3 Å². The predicted octanol–water partition coefficient (Wildman–Crippen LogP) is 3.23. The molecule has 204 valence electrons. The van der Waals surface area contributed by atoms with E-state index >= 15 is 0 Å². The third-order valence-electron chi connectivity index (χ3n) is 5.91. The Labute approximate surface area is 230 Å². The van der Waals surface area contributed by atoms with Crippen molar-refractivity contribution in [1.29, 1.82) is 0 Å². The van der Waals surface area contributed by atoms with E-state index in [1.165, 1.54) is 54.6 Å². The third kappa shape index (κ3) is 7.70. The van der Waals surface area contributed by atoms with Gasteiger partial charge in [0, 0.05) is 25.5 Å². The largest absolute Gasteiger partial charge is 0.497 e. The molecule has 3 aromatic rings. The number of thiazole rings is 1. The first-order valence-electron chi connectivity index (χ1n) is 13.0. The molecule has 1 atom stereocenters. The number of Topliss-reactive ketones (excluding diaryl/α,β-unsaturated/α-hetero) is 1. The fourth-order valence-electron chi connectivity index (χ4n) is 3.73. The molecule has 1 aromatic heterocycles. The molecular weight excluding hydrogens is 526 g/mol. The van der Waals surface area contributed by atoms with Crippen molar-refractivity contribution in [2.75, 3.05) is 33.5 Å². The van der Waals surface area contributed by atoms with Crippen molar-refractivity contribution in [3.8, 4) is 5.75 Å². The minimum atomic E-state index is -3.76. The molecule has 38 heavy (non-hydrogen) atoms. The fourth-order valence-corrected chi connectivity index (χ4v) is 5.43. The summed E-state index contributed by atoms with van der Waals surface area (Å²) in [6.45, 7) is 2.02. The molecule has 0 bridgehead atoms. The molecule has 11 heteroatoms. The fraction of sp³-hybridized carbons (Fsp3) is 0.370. The number of carbonyl (C=O) groups is 2. The number of sulfonamides is 1. The summed E-state index contributed by atoms with van der Waals surface area (Å²) in [7, 11) is -2.55. The Hall–Kier alpha value is -3.12. The maximum Gasteiger partial charge on any atom is 0.256 e. The predicted molar refractivity (Wildman–Crippen MR) is 147 cm³/mol. The number of aliphatic hydroxyl groups is 1. The molecule has 2 aromatic carbocycles. The van der Waals surface area contributed by atoms with Crippen molar-refractivity contribution in [2.24, 2.45) is 0 Å². The average Bonchev–Trinajstić information content (AvgIpc) is 3.27. The molecule has 0 aliphatic rings. The van der Waals surface area contributed by atoms with Crippen LogP contribution in [0.15, 0.2) is 54.6 Å². The van der Waals surface area contributed by atoms with Crippen LogP contribution < -0.4 is 4.74 Å². The van der Waals surface area contributed by atoms with Crippen LogP contribution in [0.3, 0.4) is 0 Å². The Morgan fingerprint density at radius 3 is 2.45 bits per heavy atom. The number of ketones is 1.